The van der Waals surface area contributed by atoms with E-state index in [1.165, 1.54) is 27.3 Å². The molecule has 3 aromatic carbocycles. The van der Waals surface area contributed by atoms with E-state index in [1.54, 1.807) is 6.26 Å². The van der Waals surface area contributed by atoms with Gasteiger partial charge >= 0.3 is 0 Å². The Bertz CT molecular complexity index is 1780. The topological polar surface area (TPSA) is 39.2 Å². The van der Waals surface area contributed by atoms with Gasteiger partial charge in [0.05, 0.1) is 18.2 Å². The van der Waals surface area contributed by atoms with Gasteiger partial charge in [-0.1, -0.05) is 71.0 Å². The highest BCUT2D eigenvalue weighted by Crippen LogP contribution is 2.39. The van der Waals surface area contributed by atoms with Crippen LogP contribution in [0.15, 0.2) is 82.0 Å². The summed E-state index contributed by atoms with van der Waals surface area (Å²) in [4.78, 5) is 5.10. The van der Waals surface area contributed by atoms with E-state index in [0.29, 0.717) is 5.92 Å². The van der Waals surface area contributed by atoms with Crippen LogP contribution in [-0.4, -0.2) is 4.98 Å². The number of fused-ring (bicyclic) bond motifs is 3. The number of rotatable bonds is 4. The van der Waals surface area contributed by atoms with Crippen LogP contribution < -0.4 is 0 Å². The van der Waals surface area contributed by atoms with Crippen LogP contribution >= 0.6 is 0 Å². The minimum atomic E-state index is 0.00607. The SMILES string of the molecule is Cc1coc2c(-c3ccc4c(CC(C)C)coc4c3)cc(-c3cc(C(C)(C)C)c4ccccc4c3)nc12. The maximum atomic E-state index is 6.05. The molecule has 0 spiro atoms. The van der Waals surface area contributed by atoms with Crippen LogP contribution in [0.25, 0.3) is 55.2 Å². The second kappa shape index (κ2) is 8.62. The van der Waals surface area contributed by atoms with Gasteiger partial charge in [0.25, 0.3) is 0 Å². The monoisotopic (exact) mass is 487 g/mol. The summed E-state index contributed by atoms with van der Waals surface area (Å²) in [6, 6.07) is 21.9. The molecule has 6 aromatic rings. The van der Waals surface area contributed by atoms with Crippen LogP contribution in [0.1, 0.15) is 51.3 Å². The first-order valence-corrected chi connectivity index (χ1v) is 13.1. The molecule has 0 aliphatic rings. The summed E-state index contributed by atoms with van der Waals surface area (Å²) in [7, 11) is 0. The lowest BCUT2D eigenvalue weighted by Crippen LogP contribution is -2.12. The molecular weight excluding hydrogens is 454 g/mol. The molecule has 0 unspecified atom stereocenters. The van der Waals surface area contributed by atoms with Crippen LogP contribution in [0.3, 0.4) is 0 Å². The number of pyridine rings is 1. The lowest BCUT2D eigenvalue weighted by Gasteiger charge is -2.23. The van der Waals surface area contributed by atoms with Gasteiger partial charge in [0.1, 0.15) is 11.1 Å². The van der Waals surface area contributed by atoms with E-state index in [0.717, 1.165) is 51.1 Å². The van der Waals surface area contributed by atoms with Crippen LogP contribution in [-0.2, 0) is 11.8 Å². The van der Waals surface area contributed by atoms with Crippen molar-refractivity contribution in [2.75, 3.05) is 0 Å². The highest BCUT2D eigenvalue weighted by Gasteiger charge is 2.21. The van der Waals surface area contributed by atoms with Gasteiger partial charge in [-0.3, -0.25) is 0 Å². The van der Waals surface area contributed by atoms with Crippen molar-refractivity contribution in [3.05, 3.63) is 89.9 Å². The Hall–Kier alpha value is -3.85. The van der Waals surface area contributed by atoms with Crippen molar-refractivity contribution in [2.24, 2.45) is 5.92 Å². The number of aryl methyl sites for hydroxylation is 1. The lowest BCUT2D eigenvalue weighted by molar-refractivity contribution is 0.594. The predicted molar refractivity (Wildman–Crippen MR) is 154 cm³/mol. The van der Waals surface area contributed by atoms with Gasteiger partial charge in [-0.05, 0) is 76.4 Å². The van der Waals surface area contributed by atoms with Crippen LogP contribution in [0.2, 0.25) is 0 Å². The molecule has 3 heteroatoms. The van der Waals surface area contributed by atoms with E-state index in [2.05, 4.69) is 102 Å². The van der Waals surface area contributed by atoms with Gasteiger partial charge in [0.15, 0.2) is 5.58 Å². The fourth-order valence-electron chi connectivity index (χ4n) is 5.41. The van der Waals surface area contributed by atoms with E-state index >= 15 is 0 Å². The van der Waals surface area contributed by atoms with E-state index in [9.17, 15) is 0 Å². The van der Waals surface area contributed by atoms with E-state index < -0.39 is 0 Å². The van der Waals surface area contributed by atoms with Crippen LogP contribution in [0.4, 0.5) is 0 Å². The zero-order chi connectivity index (χ0) is 25.9. The molecule has 186 valence electrons. The average Bonchev–Trinajstić information content (AvgIpc) is 3.44. The standard InChI is InChI=1S/C34H33NO2/c1-20(2)13-25-19-36-31-16-23(11-12-27(25)31)28-17-30(35-32-21(3)18-37-33(28)32)24-14-22-9-7-8-10-26(22)29(15-24)34(4,5)6/h7-12,14-20H,13H2,1-6H3. The first-order chi connectivity index (χ1) is 17.7. The van der Waals surface area contributed by atoms with Crippen molar-refractivity contribution in [1.82, 2.24) is 4.98 Å². The Labute approximate surface area is 218 Å². The molecule has 0 bridgehead atoms. The molecule has 0 atom stereocenters. The van der Waals surface area contributed by atoms with Gasteiger partial charge < -0.3 is 8.83 Å². The van der Waals surface area contributed by atoms with Crippen molar-refractivity contribution in [3.63, 3.8) is 0 Å². The number of hydrogen-bond acceptors (Lipinski definition) is 3. The summed E-state index contributed by atoms with van der Waals surface area (Å²) in [5.41, 5.74) is 10.4. The number of furan rings is 2. The maximum absolute atomic E-state index is 6.05. The lowest BCUT2D eigenvalue weighted by atomic mass is 9.82. The Morgan fingerprint density at radius 3 is 2.43 bits per heavy atom. The molecule has 0 saturated carbocycles. The first-order valence-electron chi connectivity index (χ1n) is 13.1. The third kappa shape index (κ3) is 4.13. The third-order valence-electron chi connectivity index (χ3n) is 7.26. The van der Waals surface area contributed by atoms with Crippen molar-refractivity contribution in [2.45, 2.75) is 53.4 Å². The van der Waals surface area contributed by atoms with E-state index in [1.807, 2.05) is 6.26 Å². The summed E-state index contributed by atoms with van der Waals surface area (Å²) in [6.45, 7) is 13.3. The first kappa shape index (κ1) is 23.5. The Morgan fingerprint density at radius 2 is 1.65 bits per heavy atom. The Kier molecular flexibility index (Phi) is 5.49. The molecule has 0 fully saturated rings. The molecule has 0 N–H and O–H groups in total. The van der Waals surface area contributed by atoms with E-state index in [4.69, 9.17) is 13.8 Å². The highest BCUT2D eigenvalue weighted by atomic mass is 16.3. The smallest absolute Gasteiger partial charge is 0.160 e. The summed E-state index contributed by atoms with van der Waals surface area (Å²) in [5.74, 6) is 0.578. The van der Waals surface area contributed by atoms with Gasteiger partial charge in [0.2, 0.25) is 0 Å². The average molecular weight is 488 g/mol. The van der Waals surface area contributed by atoms with Crippen LogP contribution in [0, 0.1) is 12.8 Å². The van der Waals surface area contributed by atoms with Crippen LogP contribution in [0.5, 0.6) is 0 Å². The summed E-state index contributed by atoms with van der Waals surface area (Å²) in [5, 5.41) is 3.70. The van der Waals surface area contributed by atoms with Crippen molar-refractivity contribution >= 4 is 32.8 Å². The molecule has 3 heterocycles. The second-order valence-corrected chi connectivity index (χ2v) is 11.7. The highest BCUT2D eigenvalue weighted by molar-refractivity contribution is 5.98. The number of benzene rings is 3. The fourth-order valence-corrected chi connectivity index (χ4v) is 5.41. The molecule has 3 nitrogen and oxygen atoms in total. The van der Waals surface area contributed by atoms with Gasteiger partial charge in [-0.15, -0.1) is 0 Å². The van der Waals surface area contributed by atoms with Gasteiger partial charge in [-0.2, -0.15) is 0 Å². The molecule has 0 aliphatic carbocycles. The molecule has 3 aromatic heterocycles. The Balaban J connectivity index is 1.57. The summed E-state index contributed by atoms with van der Waals surface area (Å²) in [6.07, 6.45) is 4.71. The largest absolute Gasteiger partial charge is 0.464 e. The maximum Gasteiger partial charge on any atom is 0.160 e. The number of hydrogen-bond donors (Lipinski definition) is 0. The number of nitrogens with zero attached hydrogens (tertiary/aromatic N) is 1. The van der Waals surface area contributed by atoms with Gasteiger partial charge in [0, 0.05) is 22.1 Å². The van der Waals surface area contributed by atoms with Gasteiger partial charge in [-0.25, -0.2) is 4.98 Å². The summed E-state index contributed by atoms with van der Waals surface area (Å²) >= 11 is 0. The molecule has 0 radical (unpaired) electrons. The van der Waals surface area contributed by atoms with Crippen molar-refractivity contribution in [3.8, 4) is 22.4 Å². The third-order valence-corrected chi connectivity index (χ3v) is 7.26. The molecule has 0 amide bonds. The minimum Gasteiger partial charge on any atom is -0.464 e. The Morgan fingerprint density at radius 1 is 0.838 bits per heavy atom. The number of aromatic nitrogens is 1. The fraction of sp³-hybridized carbons (Fsp3) is 0.265. The molecule has 6 rings (SSSR count). The molecule has 0 aliphatic heterocycles. The van der Waals surface area contributed by atoms with Crippen molar-refractivity contribution < 1.29 is 8.83 Å². The molecule has 37 heavy (non-hydrogen) atoms. The zero-order valence-corrected chi connectivity index (χ0v) is 22.5. The molecular formula is C34H33NO2. The van der Waals surface area contributed by atoms with Crippen molar-refractivity contribution in [1.29, 1.82) is 0 Å². The second-order valence-electron chi connectivity index (χ2n) is 11.7. The van der Waals surface area contributed by atoms with E-state index in [-0.39, 0.29) is 5.41 Å². The molecule has 0 saturated heterocycles. The quantitative estimate of drug-likeness (QED) is 0.248. The normalized spacial score (nSPS) is 12.4. The predicted octanol–water partition coefficient (Wildman–Crippen LogP) is 9.87. The summed E-state index contributed by atoms with van der Waals surface area (Å²) < 4.78 is 12.0. The minimum absolute atomic E-state index is 0.00607. The zero-order valence-electron chi connectivity index (χ0n) is 22.5.